The van der Waals surface area contributed by atoms with Gasteiger partial charge in [0.1, 0.15) is 5.78 Å². The average Bonchev–Trinajstić information content (AvgIpc) is 2.27. The molecule has 1 aromatic rings. The maximum absolute atomic E-state index is 11.6. The molecule has 2 nitrogen and oxygen atoms in total. The number of likely N-dealkylation sites (tertiary alicyclic amines) is 1. The van der Waals surface area contributed by atoms with E-state index in [1.54, 1.807) is 0 Å². The molecule has 0 aromatic heterocycles. The summed E-state index contributed by atoms with van der Waals surface area (Å²) in [6.45, 7) is 5.89. The van der Waals surface area contributed by atoms with E-state index in [1.807, 2.05) is 6.07 Å². The van der Waals surface area contributed by atoms with Gasteiger partial charge >= 0.3 is 0 Å². The van der Waals surface area contributed by atoms with Crippen molar-refractivity contribution in [2.45, 2.75) is 32.9 Å². The van der Waals surface area contributed by atoms with Crippen molar-refractivity contribution in [3.8, 4) is 0 Å². The number of carbonyl (C=O) groups excluding carboxylic acids is 1. The van der Waals surface area contributed by atoms with Crippen LogP contribution in [-0.2, 0) is 11.3 Å². The van der Waals surface area contributed by atoms with Gasteiger partial charge in [-0.15, -0.1) is 0 Å². The van der Waals surface area contributed by atoms with Gasteiger partial charge in [0.25, 0.3) is 0 Å². The number of piperidine rings is 1. The number of hydrogen-bond acceptors (Lipinski definition) is 2. The number of benzene rings is 1. The molecule has 16 heavy (non-hydrogen) atoms. The van der Waals surface area contributed by atoms with Crippen LogP contribution in [0.25, 0.3) is 0 Å². The lowest BCUT2D eigenvalue weighted by atomic mass is 9.91. The molecule has 0 unspecified atom stereocenters. The maximum Gasteiger partial charge on any atom is 0.147 e. The number of Topliss-reactive ketones (excluding diaryl/α,β-unsaturated/α-hetero) is 1. The van der Waals surface area contributed by atoms with Crippen molar-refractivity contribution in [3.63, 3.8) is 0 Å². The molecule has 0 N–H and O–H groups in total. The van der Waals surface area contributed by atoms with Crippen LogP contribution in [-0.4, -0.2) is 23.3 Å². The number of nitrogens with zero attached hydrogens (tertiary/aromatic N) is 1. The van der Waals surface area contributed by atoms with E-state index in [2.05, 4.69) is 43.0 Å². The summed E-state index contributed by atoms with van der Waals surface area (Å²) in [5, 5.41) is 0. The monoisotopic (exact) mass is 217 g/mol. The van der Waals surface area contributed by atoms with Crippen molar-refractivity contribution >= 4 is 5.78 Å². The summed E-state index contributed by atoms with van der Waals surface area (Å²) < 4.78 is 0. The van der Waals surface area contributed by atoms with E-state index in [-0.39, 0.29) is 0 Å². The third-order valence-corrected chi connectivity index (χ3v) is 3.56. The van der Waals surface area contributed by atoms with Gasteiger partial charge in [-0.3, -0.25) is 9.69 Å². The number of hydrogen-bond donors (Lipinski definition) is 0. The van der Waals surface area contributed by atoms with Gasteiger partial charge in [0.15, 0.2) is 0 Å². The third kappa shape index (κ3) is 2.50. The molecule has 1 heterocycles. The van der Waals surface area contributed by atoms with Crippen LogP contribution in [0.3, 0.4) is 0 Å². The van der Waals surface area contributed by atoms with Gasteiger partial charge in [-0.25, -0.2) is 0 Å². The standard InChI is InChI=1S/C14H19NO/c1-11-8-14(16)10-15(12(11)2)9-13-6-4-3-5-7-13/h3-7,11-12H,8-10H2,1-2H3/t11-,12+/m1/s1. The first kappa shape index (κ1) is 11.3. The molecule has 2 atom stereocenters. The van der Waals surface area contributed by atoms with E-state index in [0.29, 0.717) is 24.3 Å². The van der Waals surface area contributed by atoms with E-state index in [1.165, 1.54) is 5.56 Å². The Morgan fingerprint density at radius 3 is 2.62 bits per heavy atom. The Bertz CT molecular complexity index is 360. The number of carbonyl (C=O) groups is 1. The predicted molar refractivity (Wildman–Crippen MR) is 65.1 cm³/mol. The zero-order chi connectivity index (χ0) is 11.5. The zero-order valence-electron chi connectivity index (χ0n) is 10.0. The van der Waals surface area contributed by atoms with Gasteiger partial charge in [0.05, 0.1) is 6.54 Å². The Morgan fingerprint density at radius 1 is 1.25 bits per heavy atom. The quantitative estimate of drug-likeness (QED) is 0.758. The van der Waals surface area contributed by atoms with Gasteiger partial charge in [0.2, 0.25) is 0 Å². The smallest absolute Gasteiger partial charge is 0.147 e. The minimum Gasteiger partial charge on any atom is -0.298 e. The van der Waals surface area contributed by atoms with Crippen LogP contribution >= 0.6 is 0 Å². The van der Waals surface area contributed by atoms with Crippen molar-refractivity contribution in [3.05, 3.63) is 35.9 Å². The van der Waals surface area contributed by atoms with Gasteiger partial charge in [-0.05, 0) is 18.4 Å². The molecular weight excluding hydrogens is 198 g/mol. The summed E-state index contributed by atoms with van der Waals surface area (Å²) in [6, 6.07) is 10.9. The van der Waals surface area contributed by atoms with Gasteiger partial charge in [-0.2, -0.15) is 0 Å². The molecule has 0 aliphatic carbocycles. The van der Waals surface area contributed by atoms with Crippen molar-refractivity contribution in [1.29, 1.82) is 0 Å². The zero-order valence-corrected chi connectivity index (χ0v) is 10.0. The molecule has 1 aliphatic heterocycles. The Labute approximate surface area is 97.3 Å². The molecule has 1 aliphatic rings. The molecule has 2 heteroatoms. The summed E-state index contributed by atoms with van der Waals surface area (Å²) in [6.07, 6.45) is 0.743. The highest BCUT2D eigenvalue weighted by Crippen LogP contribution is 2.22. The first-order valence-corrected chi connectivity index (χ1v) is 5.96. The molecule has 2 rings (SSSR count). The lowest BCUT2D eigenvalue weighted by Crippen LogP contribution is -2.46. The van der Waals surface area contributed by atoms with E-state index in [0.717, 1.165) is 13.0 Å². The minimum atomic E-state index is 0.376. The van der Waals surface area contributed by atoms with Crippen molar-refractivity contribution in [2.75, 3.05) is 6.54 Å². The fourth-order valence-electron chi connectivity index (χ4n) is 2.34. The molecule has 0 bridgehead atoms. The molecular formula is C14H19NO. The topological polar surface area (TPSA) is 20.3 Å². The molecule has 0 amide bonds. The van der Waals surface area contributed by atoms with Crippen LogP contribution in [0.5, 0.6) is 0 Å². The van der Waals surface area contributed by atoms with E-state index in [9.17, 15) is 4.79 Å². The summed E-state index contributed by atoms with van der Waals surface area (Å²) in [5.41, 5.74) is 1.29. The van der Waals surface area contributed by atoms with Crippen LogP contribution < -0.4 is 0 Å². The highest BCUT2D eigenvalue weighted by molar-refractivity contribution is 5.81. The van der Waals surface area contributed by atoms with Crippen molar-refractivity contribution < 1.29 is 4.79 Å². The SMILES string of the molecule is C[C@@H]1CC(=O)CN(Cc2ccccc2)[C@H]1C. The fourth-order valence-corrected chi connectivity index (χ4v) is 2.34. The minimum absolute atomic E-state index is 0.376. The largest absolute Gasteiger partial charge is 0.298 e. The Kier molecular flexibility index (Phi) is 3.39. The van der Waals surface area contributed by atoms with Crippen molar-refractivity contribution in [1.82, 2.24) is 4.90 Å². The second kappa shape index (κ2) is 4.79. The van der Waals surface area contributed by atoms with E-state index in [4.69, 9.17) is 0 Å². The van der Waals surface area contributed by atoms with Gasteiger partial charge in [0, 0.05) is 19.0 Å². The van der Waals surface area contributed by atoms with Crippen LogP contribution in [0.1, 0.15) is 25.8 Å². The van der Waals surface area contributed by atoms with E-state index >= 15 is 0 Å². The van der Waals surface area contributed by atoms with Crippen LogP contribution in [0.4, 0.5) is 0 Å². The molecule has 0 saturated carbocycles. The average molecular weight is 217 g/mol. The Morgan fingerprint density at radius 2 is 1.94 bits per heavy atom. The molecule has 1 aromatic carbocycles. The van der Waals surface area contributed by atoms with Crippen LogP contribution in [0, 0.1) is 5.92 Å². The van der Waals surface area contributed by atoms with Gasteiger partial charge < -0.3 is 0 Å². The molecule has 1 fully saturated rings. The molecule has 1 saturated heterocycles. The highest BCUT2D eigenvalue weighted by atomic mass is 16.1. The molecule has 86 valence electrons. The normalized spacial score (nSPS) is 27.0. The maximum atomic E-state index is 11.6. The first-order chi connectivity index (χ1) is 7.66. The van der Waals surface area contributed by atoms with Crippen molar-refractivity contribution in [2.24, 2.45) is 5.92 Å². The second-order valence-corrected chi connectivity index (χ2v) is 4.85. The summed E-state index contributed by atoms with van der Waals surface area (Å²) in [4.78, 5) is 13.9. The summed E-state index contributed by atoms with van der Waals surface area (Å²) in [5.74, 6) is 0.853. The Balaban J connectivity index is 2.06. The van der Waals surface area contributed by atoms with Crippen LogP contribution in [0.2, 0.25) is 0 Å². The molecule has 0 spiro atoms. The lowest BCUT2D eigenvalue weighted by molar-refractivity contribution is -0.125. The highest BCUT2D eigenvalue weighted by Gasteiger charge is 2.29. The summed E-state index contributed by atoms with van der Waals surface area (Å²) >= 11 is 0. The number of ketones is 1. The Hall–Kier alpha value is -1.15. The predicted octanol–water partition coefficient (Wildman–Crippen LogP) is 2.49. The number of rotatable bonds is 2. The third-order valence-electron chi connectivity index (χ3n) is 3.56. The van der Waals surface area contributed by atoms with Gasteiger partial charge in [-0.1, -0.05) is 37.3 Å². The lowest BCUT2D eigenvalue weighted by Gasteiger charge is -2.37. The summed E-state index contributed by atoms with van der Waals surface area (Å²) in [7, 11) is 0. The fraction of sp³-hybridized carbons (Fsp3) is 0.500. The van der Waals surface area contributed by atoms with E-state index < -0.39 is 0 Å². The van der Waals surface area contributed by atoms with Crippen LogP contribution in [0.15, 0.2) is 30.3 Å². The second-order valence-electron chi connectivity index (χ2n) is 4.85. The molecule has 0 radical (unpaired) electrons. The first-order valence-electron chi connectivity index (χ1n) is 5.96.